The molecule has 1 aliphatic rings. The fourth-order valence-corrected chi connectivity index (χ4v) is 4.90. The topological polar surface area (TPSA) is 126 Å². The molecule has 1 amide bonds. The van der Waals surface area contributed by atoms with Crippen LogP contribution in [-0.2, 0) is 13.1 Å². The number of amides is 1. The van der Waals surface area contributed by atoms with Crippen molar-refractivity contribution in [2.24, 2.45) is 5.92 Å². The number of rotatable bonds is 9. The Morgan fingerprint density at radius 2 is 1.98 bits per heavy atom. The summed E-state index contributed by atoms with van der Waals surface area (Å²) in [5.74, 6) is -0.816. The lowest BCUT2D eigenvalue weighted by atomic mass is 9.94. The maximum Gasteiger partial charge on any atom is 0.287 e. The summed E-state index contributed by atoms with van der Waals surface area (Å²) in [5.41, 5.74) is -0.00743. The molecule has 3 heterocycles. The highest BCUT2D eigenvalue weighted by atomic mass is 35.5. The molecule has 10 nitrogen and oxygen atoms in total. The Kier molecular flexibility index (Phi) is 8.36. The standard InChI is InChI=1S/C27H27ClF2N6O4/c1-15-34-35-22(40-15)14-36-9-6-16(7-10-36)8-11-39-24-20(30)4-5-21-23(24)26(37)33-25(32-21)27(38)31-13-17-2-3-19(29)18(28)12-17/h2-5,12,16H,6-11,13-14H2,1H3,(H,31,38)(H,32,33,37). The van der Waals surface area contributed by atoms with Crippen LogP contribution in [0, 0.1) is 24.5 Å². The van der Waals surface area contributed by atoms with Gasteiger partial charge in [-0.1, -0.05) is 17.7 Å². The highest BCUT2D eigenvalue weighted by molar-refractivity contribution is 6.30. The maximum absolute atomic E-state index is 14.7. The third kappa shape index (κ3) is 6.45. The van der Waals surface area contributed by atoms with Crippen LogP contribution in [0.25, 0.3) is 10.9 Å². The van der Waals surface area contributed by atoms with Crippen molar-refractivity contribution in [1.82, 2.24) is 30.4 Å². The lowest BCUT2D eigenvalue weighted by Crippen LogP contribution is -2.33. The molecular formula is C27H27ClF2N6O4. The Balaban J connectivity index is 1.19. The smallest absolute Gasteiger partial charge is 0.287 e. The first-order valence-corrected chi connectivity index (χ1v) is 13.2. The lowest BCUT2D eigenvalue weighted by Gasteiger charge is -2.30. The van der Waals surface area contributed by atoms with Crippen molar-refractivity contribution in [3.05, 3.63) is 80.5 Å². The average molecular weight is 573 g/mol. The van der Waals surface area contributed by atoms with Crippen LogP contribution in [0.2, 0.25) is 5.02 Å². The second-order valence-electron chi connectivity index (χ2n) is 9.69. The van der Waals surface area contributed by atoms with Gasteiger partial charge in [0.25, 0.3) is 11.5 Å². The van der Waals surface area contributed by atoms with Crippen molar-refractivity contribution in [3.63, 3.8) is 0 Å². The number of hydrogen-bond acceptors (Lipinski definition) is 8. The van der Waals surface area contributed by atoms with Crippen molar-refractivity contribution >= 4 is 28.4 Å². The van der Waals surface area contributed by atoms with Gasteiger partial charge in [0.1, 0.15) is 11.2 Å². The predicted molar refractivity (Wildman–Crippen MR) is 142 cm³/mol. The number of H-pyrrole nitrogens is 1. The second-order valence-corrected chi connectivity index (χ2v) is 10.1. The molecule has 1 saturated heterocycles. The van der Waals surface area contributed by atoms with Crippen molar-refractivity contribution in [1.29, 1.82) is 0 Å². The molecule has 0 saturated carbocycles. The van der Waals surface area contributed by atoms with Gasteiger partial charge in [-0.05, 0) is 68.1 Å². The van der Waals surface area contributed by atoms with Crippen LogP contribution in [0.5, 0.6) is 5.75 Å². The van der Waals surface area contributed by atoms with E-state index < -0.39 is 23.1 Å². The minimum absolute atomic E-state index is 0.0356. The van der Waals surface area contributed by atoms with Crippen LogP contribution < -0.4 is 15.6 Å². The minimum atomic E-state index is -0.695. The molecule has 1 fully saturated rings. The largest absolute Gasteiger partial charge is 0.490 e. The summed E-state index contributed by atoms with van der Waals surface area (Å²) in [6, 6.07) is 6.54. The Bertz CT molecular complexity index is 1590. The van der Waals surface area contributed by atoms with Crippen LogP contribution in [0.15, 0.2) is 39.5 Å². The molecule has 40 heavy (non-hydrogen) atoms. The van der Waals surface area contributed by atoms with Gasteiger partial charge in [0, 0.05) is 13.5 Å². The van der Waals surface area contributed by atoms with Crippen LogP contribution in [0.3, 0.4) is 0 Å². The Labute approximate surface area is 232 Å². The number of nitrogens with one attached hydrogen (secondary N) is 2. The lowest BCUT2D eigenvalue weighted by molar-refractivity contribution is 0.0940. The summed E-state index contributed by atoms with van der Waals surface area (Å²) >= 11 is 5.77. The molecule has 5 rings (SSSR count). The minimum Gasteiger partial charge on any atom is -0.490 e. The number of hydrogen-bond donors (Lipinski definition) is 2. The summed E-state index contributed by atoms with van der Waals surface area (Å²) in [6.45, 7) is 4.38. The molecule has 0 atom stereocenters. The second kappa shape index (κ2) is 12.1. The zero-order chi connectivity index (χ0) is 28.2. The Morgan fingerprint density at radius 3 is 2.70 bits per heavy atom. The molecule has 4 aromatic rings. The number of halogens is 3. The number of fused-ring (bicyclic) bond motifs is 1. The first-order chi connectivity index (χ1) is 19.3. The van der Waals surface area contributed by atoms with Crippen molar-refractivity contribution < 1.29 is 22.7 Å². The SMILES string of the molecule is Cc1nnc(CN2CCC(CCOc3c(F)ccc4nc(C(=O)NCc5ccc(F)c(Cl)c5)[nH]c(=O)c34)CC2)o1. The number of ether oxygens (including phenoxy) is 1. The van der Waals surface area contributed by atoms with E-state index in [9.17, 15) is 18.4 Å². The van der Waals surface area contributed by atoms with Gasteiger partial charge >= 0.3 is 0 Å². The molecule has 0 aliphatic carbocycles. The van der Waals surface area contributed by atoms with E-state index in [0.29, 0.717) is 36.2 Å². The number of likely N-dealkylation sites (tertiary alicyclic amines) is 1. The normalized spacial score (nSPS) is 14.5. The van der Waals surface area contributed by atoms with E-state index in [1.807, 2.05) is 0 Å². The monoisotopic (exact) mass is 572 g/mol. The highest BCUT2D eigenvalue weighted by Crippen LogP contribution is 2.27. The molecule has 0 bridgehead atoms. The molecule has 210 valence electrons. The number of piperidine rings is 1. The first kappa shape index (κ1) is 27.7. The summed E-state index contributed by atoms with van der Waals surface area (Å²) in [7, 11) is 0. The fraction of sp³-hybridized carbons (Fsp3) is 0.370. The van der Waals surface area contributed by atoms with Crippen molar-refractivity contribution in [2.45, 2.75) is 39.3 Å². The molecule has 2 N–H and O–H groups in total. The average Bonchev–Trinajstić information content (AvgIpc) is 3.35. The van der Waals surface area contributed by atoms with Crippen molar-refractivity contribution in [2.75, 3.05) is 19.7 Å². The van der Waals surface area contributed by atoms with Gasteiger partial charge in [-0.2, -0.15) is 0 Å². The fourth-order valence-electron chi connectivity index (χ4n) is 4.70. The van der Waals surface area contributed by atoms with E-state index in [4.69, 9.17) is 20.8 Å². The van der Waals surface area contributed by atoms with Gasteiger partial charge in [-0.15, -0.1) is 10.2 Å². The van der Waals surface area contributed by atoms with E-state index >= 15 is 0 Å². The summed E-state index contributed by atoms with van der Waals surface area (Å²) < 4.78 is 39.3. The first-order valence-electron chi connectivity index (χ1n) is 12.9. The zero-order valence-electron chi connectivity index (χ0n) is 21.7. The van der Waals surface area contributed by atoms with E-state index in [0.717, 1.165) is 32.0 Å². The number of aryl methyl sites for hydroxylation is 1. The molecule has 0 radical (unpaired) electrons. The van der Waals surface area contributed by atoms with Crippen LogP contribution in [0.1, 0.15) is 47.2 Å². The molecule has 13 heteroatoms. The summed E-state index contributed by atoms with van der Waals surface area (Å²) in [5, 5.41) is 10.4. The van der Waals surface area contributed by atoms with Gasteiger partial charge in [0.05, 0.1) is 23.7 Å². The van der Waals surface area contributed by atoms with Gasteiger partial charge in [0.15, 0.2) is 17.4 Å². The van der Waals surface area contributed by atoms with Gasteiger partial charge < -0.3 is 19.5 Å². The van der Waals surface area contributed by atoms with Gasteiger partial charge in [-0.3, -0.25) is 14.5 Å². The third-order valence-corrected chi connectivity index (χ3v) is 7.13. The van der Waals surface area contributed by atoms with E-state index in [-0.39, 0.29) is 40.7 Å². The summed E-state index contributed by atoms with van der Waals surface area (Å²) in [4.78, 5) is 34.4. The number of aromatic nitrogens is 4. The maximum atomic E-state index is 14.7. The zero-order valence-corrected chi connectivity index (χ0v) is 22.4. The number of benzene rings is 2. The van der Waals surface area contributed by atoms with E-state index in [2.05, 4.69) is 30.4 Å². The number of aromatic amines is 1. The molecular weight excluding hydrogens is 546 g/mol. The van der Waals surface area contributed by atoms with E-state index in [1.54, 1.807) is 6.92 Å². The molecule has 0 spiro atoms. The number of carbonyl (C=O) groups excluding carboxylic acids is 1. The molecule has 0 unspecified atom stereocenters. The Morgan fingerprint density at radius 1 is 1.20 bits per heavy atom. The predicted octanol–water partition coefficient (Wildman–Crippen LogP) is 4.16. The Hall–Kier alpha value is -3.90. The third-order valence-electron chi connectivity index (χ3n) is 6.84. The van der Waals surface area contributed by atoms with Gasteiger partial charge in [-0.25, -0.2) is 13.8 Å². The molecule has 1 aliphatic heterocycles. The number of nitrogens with zero attached hydrogens (tertiary/aromatic N) is 4. The van der Waals surface area contributed by atoms with Gasteiger partial charge in [0.2, 0.25) is 11.8 Å². The van der Waals surface area contributed by atoms with Crippen LogP contribution >= 0.6 is 11.6 Å². The number of carbonyl (C=O) groups is 1. The summed E-state index contributed by atoms with van der Waals surface area (Å²) in [6.07, 6.45) is 2.58. The quantitative estimate of drug-likeness (QED) is 0.306. The van der Waals surface area contributed by atoms with Crippen molar-refractivity contribution in [3.8, 4) is 5.75 Å². The highest BCUT2D eigenvalue weighted by Gasteiger charge is 2.22. The van der Waals surface area contributed by atoms with Crippen LogP contribution in [-0.4, -0.2) is 50.7 Å². The molecule has 2 aromatic heterocycles. The molecule has 2 aromatic carbocycles. The van der Waals surface area contributed by atoms with Crippen LogP contribution in [0.4, 0.5) is 8.78 Å². The van der Waals surface area contributed by atoms with E-state index in [1.165, 1.54) is 24.3 Å².